The molecule has 1 N–H and O–H groups in total. The average Bonchev–Trinajstić information content (AvgIpc) is 2.47. The van der Waals surface area contributed by atoms with Gasteiger partial charge in [0.15, 0.2) is 6.41 Å². The van der Waals surface area contributed by atoms with Crippen LogP contribution in [0.25, 0.3) is 0 Å². The van der Waals surface area contributed by atoms with Gasteiger partial charge in [-0.2, -0.15) is 0 Å². The number of carbonyl (C=O) groups excluding carboxylic acids is 1. The Morgan fingerprint density at radius 2 is 1.39 bits per heavy atom. The molecule has 2 aromatic rings. The highest BCUT2D eigenvalue weighted by atomic mass is 28.3. The SMILES string of the molecule is CC[Si](NC=O)(c1ccccc1)c1ccccc1. The Bertz CT molecular complexity index is 459. The number of rotatable bonds is 5. The van der Waals surface area contributed by atoms with Gasteiger partial charge in [-0.3, -0.25) is 4.79 Å². The first-order valence-corrected chi connectivity index (χ1v) is 8.36. The van der Waals surface area contributed by atoms with Crippen LogP contribution in [0.5, 0.6) is 0 Å². The molecule has 0 aliphatic carbocycles. The van der Waals surface area contributed by atoms with E-state index in [9.17, 15) is 4.79 Å². The molecule has 0 aromatic heterocycles. The maximum absolute atomic E-state index is 11.0. The van der Waals surface area contributed by atoms with Crippen molar-refractivity contribution in [1.29, 1.82) is 0 Å². The first-order valence-electron chi connectivity index (χ1n) is 6.16. The molecule has 0 spiro atoms. The van der Waals surface area contributed by atoms with Crippen LogP contribution in [0, 0.1) is 0 Å². The monoisotopic (exact) mass is 255 g/mol. The number of amides is 1. The van der Waals surface area contributed by atoms with Crippen molar-refractivity contribution in [3.63, 3.8) is 0 Å². The Morgan fingerprint density at radius 3 is 1.72 bits per heavy atom. The molecule has 18 heavy (non-hydrogen) atoms. The minimum atomic E-state index is -2.14. The third kappa shape index (κ3) is 2.22. The molecule has 0 bridgehead atoms. The molecule has 1 amide bonds. The molecular formula is C15H17NOSi. The van der Waals surface area contributed by atoms with Crippen LogP contribution < -0.4 is 15.4 Å². The lowest BCUT2D eigenvalue weighted by atomic mass is 10.4. The van der Waals surface area contributed by atoms with E-state index in [0.29, 0.717) is 0 Å². The summed E-state index contributed by atoms with van der Waals surface area (Å²) in [5.41, 5.74) is 0. The molecule has 0 atom stereocenters. The van der Waals surface area contributed by atoms with Gasteiger partial charge in [0.2, 0.25) is 8.24 Å². The van der Waals surface area contributed by atoms with E-state index < -0.39 is 8.24 Å². The van der Waals surface area contributed by atoms with Gasteiger partial charge in [-0.15, -0.1) is 0 Å². The zero-order chi connectivity index (χ0) is 12.8. The number of benzene rings is 2. The molecule has 0 heterocycles. The highest BCUT2D eigenvalue weighted by Gasteiger charge is 2.35. The summed E-state index contributed by atoms with van der Waals surface area (Å²) in [6.45, 7) is 2.14. The number of hydrogen-bond donors (Lipinski definition) is 1. The van der Waals surface area contributed by atoms with E-state index in [1.807, 2.05) is 36.4 Å². The van der Waals surface area contributed by atoms with Crippen molar-refractivity contribution in [1.82, 2.24) is 4.98 Å². The topological polar surface area (TPSA) is 29.1 Å². The van der Waals surface area contributed by atoms with Gasteiger partial charge in [0, 0.05) is 0 Å². The molecule has 3 heteroatoms. The molecule has 92 valence electrons. The Balaban J connectivity index is 2.57. The fraction of sp³-hybridized carbons (Fsp3) is 0.133. The van der Waals surface area contributed by atoms with Crippen molar-refractivity contribution in [2.45, 2.75) is 13.0 Å². The van der Waals surface area contributed by atoms with Crippen LogP contribution >= 0.6 is 0 Å². The predicted molar refractivity (Wildman–Crippen MR) is 77.6 cm³/mol. The zero-order valence-corrected chi connectivity index (χ0v) is 11.5. The van der Waals surface area contributed by atoms with Crippen LogP contribution in [0.3, 0.4) is 0 Å². The highest BCUT2D eigenvalue weighted by molar-refractivity contribution is 7.01. The molecule has 0 saturated carbocycles. The Hall–Kier alpha value is -1.87. The Morgan fingerprint density at radius 1 is 0.944 bits per heavy atom. The third-order valence-corrected chi connectivity index (χ3v) is 7.68. The molecule has 2 rings (SSSR count). The molecule has 0 unspecified atom stereocenters. The molecule has 0 aliphatic heterocycles. The second-order valence-corrected chi connectivity index (χ2v) is 8.21. The third-order valence-electron chi connectivity index (χ3n) is 3.37. The smallest absolute Gasteiger partial charge is 0.219 e. The van der Waals surface area contributed by atoms with Crippen LogP contribution in [-0.2, 0) is 4.79 Å². The summed E-state index contributed by atoms with van der Waals surface area (Å²) in [6.07, 6.45) is 0.843. The van der Waals surface area contributed by atoms with Crippen LogP contribution in [-0.4, -0.2) is 14.6 Å². The van der Waals surface area contributed by atoms with Gasteiger partial charge < -0.3 is 4.98 Å². The zero-order valence-electron chi connectivity index (χ0n) is 10.5. The summed E-state index contributed by atoms with van der Waals surface area (Å²) >= 11 is 0. The van der Waals surface area contributed by atoms with Crippen molar-refractivity contribution >= 4 is 25.0 Å². The molecule has 2 nitrogen and oxygen atoms in total. The molecule has 0 aliphatic rings. The molecule has 0 radical (unpaired) electrons. The van der Waals surface area contributed by atoms with Gasteiger partial charge in [0.25, 0.3) is 0 Å². The summed E-state index contributed by atoms with van der Waals surface area (Å²) in [5, 5.41) is 2.48. The molecule has 2 aromatic carbocycles. The quantitative estimate of drug-likeness (QED) is 0.637. The minimum absolute atomic E-state index is 0.843. The maximum Gasteiger partial charge on any atom is 0.219 e. The van der Waals surface area contributed by atoms with E-state index in [2.05, 4.69) is 36.2 Å². The lowest BCUT2D eigenvalue weighted by Gasteiger charge is -2.30. The second-order valence-electron chi connectivity index (χ2n) is 4.25. The van der Waals surface area contributed by atoms with Crippen molar-refractivity contribution < 1.29 is 4.79 Å². The molecule has 0 saturated heterocycles. The fourth-order valence-electron chi connectivity index (χ4n) is 2.39. The summed E-state index contributed by atoms with van der Waals surface area (Å²) in [4.78, 5) is 14.2. The number of carbonyl (C=O) groups is 1. The van der Waals surface area contributed by atoms with Gasteiger partial charge in [-0.25, -0.2) is 0 Å². The lowest BCUT2D eigenvalue weighted by Crippen LogP contribution is -2.68. The van der Waals surface area contributed by atoms with Crippen LogP contribution in [0.1, 0.15) is 6.92 Å². The lowest BCUT2D eigenvalue weighted by molar-refractivity contribution is -0.108. The van der Waals surface area contributed by atoms with Crippen LogP contribution in [0.4, 0.5) is 0 Å². The van der Waals surface area contributed by atoms with E-state index in [1.165, 1.54) is 10.4 Å². The average molecular weight is 255 g/mol. The second kappa shape index (κ2) is 5.64. The van der Waals surface area contributed by atoms with Crippen LogP contribution in [0.15, 0.2) is 60.7 Å². The van der Waals surface area contributed by atoms with Gasteiger partial charge >= 0.3 is 0 Å². The Kier molecular flexibility index (Phi) is 3.94. The first-order chi connectivity index (χ1) is 8.83. The fourth-order valence-corrected chi connectivity index (χ4v) is 5.80. The molecular weight excluding hydrogens is 238 g/mol. The van der Waals surface area contributed by atoms with Gasteiger partial charge in [-0.05, 0) is 16.4 Å². The number of hydrogen-bond acceptors (Lipinski definition) is 1. The summed E-state index contributed by atoms with van der Waals surface area (Å²) in [5.74, 6) is 0. The number of nitrogens with one attached hydrogen (secondary N) is 1. The van der Waals surface area contributed by atoms with Crippen molar-refractivity contribution in [3.05, 3.63) is 60.7 Å². The van der Waals surface area contributed by atoms with Crippen molar-refractivity contribution in [2.75, 3.05) is 0 Å². The van der Waals surface area contributed by atoms with Gasteiger partial charge in [0.1, 0.15) is 0 Å². The van der Waals surface area contributed by atoms with E-state index >= 15 is 0 Å². The molecule has 0 fully saturated rings. The van der Waals surface area contributed by atoms with E-state index in [1.54, 1.807) is 0 Å². The van der Waals surface area contributed by atoms with Gasteiger partial charge in [-0.1, -0.05) is 67.6 Å². The van der Waals surface area contributed by atoms with Gasteiger partial charge in [0.05, 0.1) is 0 Å². The minimum Gasteiger partial charge on any atom is -0.376 e. The first kappa shape index (κ1) is 12.6. The normalized spacial score (nSPS) is 10.9. The summed E-state index contributed by atoms with van der Waals surface area (Å²) in [7, 11) is -2.14. The van der Waals surface area contributed by atoms with Crippen molar-refractivity contribution in [3.8, 4) is 0 Å². The summed E-state index contributed by atoms with van der Waals surface area (Å²) < 4.78 is 0. The maximum atomic E-state index is 11.0. The van der Waals surface area contributed by atoms with E-state index in [0.717, 1.165) is 12.5 Å². The standard InChI is InChI=1S/C15H17NOSi/c1-2-18(16-13-17,14-9-5-3-6-10-14)15-11-7-4-8-12-15/h3-13H,2H2,1H3,(H,16,17). The van der Waals surface area contributed by atoms with Crippen molar-refractivity contribution in [2.24, 2.45) is 0 Å². The highest BCUT2D eigenvalue weighted by Crippen LogP contribution is 2.07. The largest absolute Gasteiger partial charge is 0.376 e. The van der Waals surface area contributed by atoms with Crippen LogP contribution in [0.2, 0.25) is 6.04 Å². The summed E-state index contributed by atoms with van der Waals surface area (Å²) in [6, 6.07) is 21.5. The van der Waals surface area contributed by atoms with E-state index in [4.69, 9.17) is 0 Å². The van der Waals surface area contributed by atoms with E-state index in [-0.39, 0.29) is 0 Å². The Labute approximate surface area is 109 Å². The predicted octanol–water partition coefficient (Wildman–Crippen LogP) is 1.51.